The molecule has 5 heteroatoms. The first kappa shape index (κ1) is 15.4. The van der Waals surface area contributed by atoms with Crippen LogP contribution in [0.25, 0.3) is 0 Å². The molecule has 2 unspecified atom stereocenters. The van der Waals surface area contributed by atoms with Gasteiger partial charge in [-0.1, -0.05) is 20.3 Å². The summed E-state index contributed by atoms with van der Waals surface area (Å²) < 4.78 is 0. The highest BCUT2D eigenvalue weighted by molar-refractivity contribution is 5.82. The molecule has 17 heavy (non-hydrogen) atoms. The van der Waals surface area contributed by atoms with Crippen molar-refractivity contribution in [1.82, 2.24) is 10.2 Å². The van der Waals surface area contributed by atoms with Crippen LogP contribution in [0.5, 0.6) is 0 Å². The lowest BCUT2D eigenvalue weighted by atomic mass is 10.0. The molecule has 0 heterocycles. The lowest BCUT2D eigenvalue weighted by Gasteiger charge is -2.22. The second-order valence-electron chi connectivity index (χ2n) is 4.20. The quantitative estimate of drug-likeness (QED) is 0.744. The first-order valence-corrected chi connectivity index (χ1v) is 5.84. The molecule has 0 saturated heterocycles. The highest BCUT2D eigenvalue weighted by atomic mass is 16.2. The Kier molecular flexibility index (Phi) is 6.95. The van der Waals surface area contributed by atoms with E-state index < -0.39 is 5.92 Å². The summed E-state index contributed by atoms with van der Waals surface area (Å²) in [7, 11) is 3.19. The monoisotopic (exact) mass is 239 g/mol. The van der Waals surface area contributed by atoms with Crippen LogP contribution in [0.1, 0.15) is 26.7 Å². The molecule has 0 fully saturated rings. The molecule has 1 N–H and O–H groups in total. The minimum absolute atomic E-state index is 0.103. The van der Waals surface area contributed by atoms with E-state index >= 15 is 0 Å². The Bertz CT molecular complexity index is 309. The second kappa shape index (κ2) is 7.66. The SMILES string of the molecule is CCCC(C#N)C(=O)N(C)CC(C)C(=O)NC. The van der Waals surface area contributed by atoms with Crippen LogP contribution < -0.4 is 5.32 Å². The van der Waals surface area contributed by atoms with Gasteiger partial charge in [-0.15, -0.1) is 0 Å². The van der Waals surface area contributed by atoms with E-state index in [1.165, 1.54) is 4.90 Å². The van der Waals surface area contributed by atoms with Gasteiger partial charge in [0.05, 0.1) is 12.0 Å². The summed E-state index contributed by atoms with van der Waals surface area (Å²) in [6, 6.07) is 2.01. The summed E-state index contributed by atoms with van der Waals surface area (Å²) in [5.74, 6) is -1.17. The van der Waals surface area contributed by atoms with Crippen molar-refractivity contribution in [1.29, 1.82) is 5.26 Å². The molecule has 0 rings (SSSR count). The molecule has 0 saturated carbocycles. The van der Waals surface area contributed by atoms with Gasteiger partial charge in [-0.05, 0) is 6.42 Å². The lowest BCUT2D eigenvalue weighted by Crippen LogP contribution is -2.39. The topological polar surface area (TPSA) is 73.2 Å². The number of carbonyl (C=O) groups excluding carboxylic acids is 2. The van der Waals surface area contributed by atoms with E-state index in [2.05, 4.69) is 5.32 Å². The summed E-state index contributed by atoms with van der Waals surface area (Å²) in [5, 5.41) is 11.4. The first-order valence-electron chi connectivity index (χ1n) is 5.84. The maximum Gasteiger partial charge on any atom is 0.239 e. The molecule has 0 aliphatic carbocycles. The van der Waals surface area contributed by atoms with Crippen LogP contribution in [0.15, 0.2) is 0 Å². The van der Waals surface area contributed by atoms with Crippen molar-refractivity contribution < 1.29 is 9.59 Å². The number of hydrogen-bond acceptors (Lipinski definition) is 3. The zero-order valence-corrected chi connectivity index (χ0v) is 11.0. The van der Waals surface area contributed by atoms with Crippen LogP contribution in [0.4, 0.5) is 0 Å². The smallest absolute Gasteiger partial charge is 0.239 e. The van der Waals surface area contributed by atoms with Gasteiger partial charge < -0.3 is 10.2 Å². The zero-order valence-electron chi connectivity index (χ0n) is 11.0. The normalized spacial score (nSPS) is 13.4. The number of carbonyl (C=O) groups is 2. The zero-order chi connectivity index (χ0) is 13.4. The summed E-state index contributed by atoms with van der Waals surface area (Å²) in [6.45, 7) is 4.02. The largest absolute Gasteiger partial charge is 0.359 e. The van der Waals surface area contributed by atoms with Crippen molar-refractivity contribution in [2.75, 3.05) is 20.6 Å². The average molecular weight is 239 g/mol. The molecule has 0 aliphatic rings. The number of rotatable bonds is 6. The van der Waals surface area contributed by atoms with E-state index in [4.69, 9.17) is 5.26 Å². The van der Waals surface area contributed by atoms with Gasteiger partial charge in [0.25, 0.3) is 0 Å². The lowest BCUT2D eigenvalue weighted by molar-refractivity contribution is -0.134. The van der Waals surface area contributed by atoms with Crippen molar-refractivity contribution in [2.45, 2.75) is 26.7 Å². The maximum absolute atomic E-state index is 11.9. The fourth-order valence-corrected chi connectivity index (χ4v) is 1.63. The standard InChI is InChI=1S/C12H21N3O2/c1-5-6-10(7-13)12(17)15(4)8-9(2)11(16)14-3/h9-10H,5-6,8H2,1-4H3,(H,14,16). The Morgan fingerprint density at radius 3 is 2.47 bits per heavy atom. The number of amides is 2. The summed E-state index contributed by atoms with van der Waals surface area (Å²) in [6.07, 6.45) is 1.36. The number of hydrogen-bond donors (Lipinski definition) is 1. The highest BCUT2D eigenvalue weighted by Gasteiger charge is 2.23. The predicted molar refractivity (Wildman–Crippen MR) is 64.9 cm³/mol. The third kappa shape index (κ3) is 4.85. The van der Waals surface area contributed by atoms with E-state index in [0.717, 1.165) is 6.42 Å². The van der Waals surface area contributed by atoms with Gasteiger partial charge in [0.1, 0.15) is 5.92 Å². The molecule has 2 amide bonds. The van der Waals surface area contributed by atoms with E-state index in [1.807, 2.05) is 13.0 Å². The molecule has 0 aromatic heterocycles. The minimum atomic E-state index is -0.595. The highest BCUT2D eigenvalue weighted by Crippen LogP contribution is 2.10. The Hall–Kier alpha value is -1.57. The van der Waals surface area contributed by atoms with Crippen molar-refractivity contribution in [3.63, 3.8) is 0 Å². The Balaban J connectivity index is 4.40. The number of nitriles is 1. The van der Waals surface area contributed by atoms with Gasteiger partial charge >= 0.3 is 0 Å². The predicted octanol–water partition coefficient (Wildman–Crippen LogP) is 0.767. The Labute approximate surface area is 103 Å². The molecule has 0 radical (unpaired) electrons. The molecule has 2 atom stereocenters. The summed E-state index contributed by atoms with van der Waals surface area (Å²) in [5.41, 5.74) is 0. The maximum atomic E-state index is 11.9. The van der Waals surface area contributed by atoms with E-state index in [9.17, 15) is 9.59 Å². The minimum Gasteiger partial charge on any atom is -0.359 e. The van der Waals surface area contributed by atoms with E-state index in [0.29, 0.717) is 13.0 Å². The van der Waals surface area contributed by atoms with Crippen LogP contribution in [-0.4, -0.2) is 37.4 Å². The van der Waals surface area contributed by atoms with Crippen molar-refractivity contribution in [3.05, 3.63) is 0 Å². The van der Waals surface area contributed by atoms with Crippen molar-refractivity contribution >= 4 is 11.8 Å². The van der Waals surface area contributed by atoms with Gasteiger partial charge in [-0.2, -0.15) is 5.26 Å². The fraction of sp³-hybridized carbons (Fsp3) is 0.750. The fourth-order valence-electron chi connectivity index (χ4n) is 1.63. The molecular formula is C12H21N3O2. The average Bonchev–Trinajstić information content (AvgIpc) is 2.33. The molecule has 0 aromatic rings. The Morgan fingerprint density at radius 1 is 1.47 bits per heavy atom. The van der Waals surface area contributed by atoms with Crippen LogP contribution in [0.2, 0.25) is 0 Å². The van der Waals surface area contributed by atoms with Gasteiger partial charge in [0.15, 0.2) is 0 Å². The number of nitrogens with one attached hydrogen (secondary N) is 1. The molecular weight excluding hydrogens is 218 g/mol. The Morgan fingerprint density at radius 2 is 2.06 bits per heavy atom. The van der Waals surface area contributed by atoms with Crippen LogP contribution in [0.3, 0.4) is 0 Å². The molecule has 0 bridgehead atoms. The van der Waals surface area contributed by atoms with Crippen molar-refractivity contribution in [3.8, 4) is 6.07 Å². The van der Waals surface area contributed by atoms with Crippen LogP contribution >= 0.6 is 0 Å². The van der Waals surface area contributed by atoms with Crippen molar-refractivity contribution in [2.24, 2.45) is 11.8 Å². The first-order chi connectivity index (χ1) is 7.97. The van der Waals surface area contributed by atoms with Crippen LogP contribution in [0, 0.1) is 23.2 Å². The van der Waals surface area contributed by atoms with E-state index in [1.54, 1.807) is 21.0 Å². The van der Waals surface area contributed by atoms with Gasteiger partial charge in [-0.25, -0.2) is 0 Å². The summed E-state index contributed by atoms with van der Waals surface area (Å²) in [4.78, 5) is 24.7. The molecule has 0 spiro atoms. The molecule has 5 nitrogen and oxygen atoms in total. The van der Waals surface area contributed by atoms with Gasteiger partial charge in [0.2, 0.25) is 11.8 Å². The van der Waals surface area contributed by atoms with Gasteiger partial charge in [0, 0.05) is 20.6 Å². The van der Waals surface area contributed by atoms with Crippen LogP contribution in [-0.2, 0) is 9.59 Å². The third-order valence-corrected chi connectivity index (χ3v) is 2.65. The third-order valence-electron chi connectivity index (χ3n) is 2.65. The number of nitrogens with zero attached hydrogens (tertiary/aromatic N) is 2. The summed E-state index contributed by atoms with van der Waals surface area (Å²) >= 11 is 0. The molecule has 96 valence electrons. The second-order valence-corrected chi connectivity index (χ2v) is 4.20. The van der Waals surface area contributed by atoms with E-state index in [-0.39, 0.29) is 17.7 Å². The van der Waals surface area contributed by atoms with Gasteiger partial charge in [-0.3, -0.25) is 9.59 Å². The molecule has 0 aliphatic heterocycles. The molecule has 0 aromatic carbocycles.